The van der Waals surface area contributed by atoms with Gasteiger partial charge >= 0.3 is 0 Å². The summed E-state index contributed by atoms with van der Waals surface area (Å²) in [6, 6.07) is 6.63. The van der Waals surface area contributed by atoms with Gasteiger partial charge in [0.25, 0.3) is 0 Å². The molecule has 0 fully saturated rings. The Bertz CT molecular complexity index is 339. The molecule has 3 nitrogen and oxygen atoms in total. The number of benzene rings is 1. The highest BCUT2D eigenvalue weighted by molar-refractivity contribution is 5.32. The molecule has 96 valence electrons. The average Bonchev–Trinajstić information content (AvgIpc) is 2.33. The fraction of sp³-hybridized carbons (Fsp3) is 0.571. The molecule has 17 heavy (non-hydrogen) atoms. The molecule has 0 radical (unpaired) electrons. The van der Waals surface area contributed by atoms with Crippen molar-refractivity contribution in [1.82, 2.24) is 5.43 Å². The van der Waals surface area contributed by atoms with Crippen molar-refractivity contribution in [1.29, 1.82) is 0 Å². The third-order valence-electron chi connectivity index (χ3n) is 2.91. The lowest BCUT2D eigenvalue weighted by Crippen LogP contribution is -2.29. The molecule has 0 bridgehead atoms. The van der Waals surface area contributed by atoms with Gasteiger partial charge in [-0.3, -0.25) is 11.3 Å². The van der Waals surface area contributed by atoms with E-state index in [-0.39, 0.29) is 6.04 Å². The zero-order chi connectivity index (χ0) is 12.7. The maximum Gasteiger partial charge on any atom is 0.0484 e. The van der Waals surface area contributed by atoms with Gasteiger partial charge in [0.15, 0.2) is 0 Å². The second kappa shape index (κ2) is 7.43. The second-order valence-electron chi connectivity index (χ2n) is 4.48. The Labute approximate surface area is 104 Å². The van der Waals surface area contributed by atoms with Crippen LogP contribution in [0.1, 0.15) is 42.5 Å². The van der Waals surface area contributed by atoms with E-state index in [4.69, 9.17) is 10.6 Å². The zero-order valence-corrected chi connectivity index (χ0v) is 11.1. The normalized spacial score (nSPS) is 12.7. The molecule has 3 N–H and O–H groups in total. The monoisotopic (exact) mass is 236 g/mol. The molecule has 1 unspecified atom stereocenters. The van der Waals surface area contributed by atoms with Gasteiger partial charge in [0.2, 0.25) is 0 Å². The summed E-state index contributed by atoms with van der Waals surface area (Å²) in [6.07, 6.45) is 1.96. The second-order valence-corrected chi connectivity index (χ2v) is 4.48. The van der Waals surface area contributed by atoms with Crippen LogP contribution in [0.15, 0.2) is 18.2 Å². The summed E-state index contributed by atoms with van der Waals surface area (Å²) in [7, 11) is 0. The molecule has 0 aliphatic rings. The topological polar surface area (TPSA) is 47.3 Å². The molecule has 0 aliphatic heterocycles. The van der Waals surface area contributed by atoms with E-state index >= 15 is 0 Å². The molecule has 0 heterocycles. The largest absolute Gasteiger partial charge is 0.381 e. The van der Waals surface area contributed by atoms with E-state index in [0.717, 1.165) is 26.1 Å². The van der Waals surface area contributed by atoms with Crippen LogP contribution in [0.25, 0.3) is 0 Å². The van der Waals surface area contributed by atoms with Crippen molar-refractivity contribution in [3.8, 4) is 0 Å². The predicted molar refractivity (Wildman–Crippen MR) is 71.7 cm³/mol. The maximum absolute atomic E-state index is 5.63. The number of hydrogen-bond acceptors (Lipinski definition) is 3. The van der Waals surface area contributed by atoms with Crippen molar-refractivity contribution in [2.75, 3.05) is 13.2 Å². The van der Waals surface area contributed by atoms with Gasteiger partial charge in [-0.15, -0.1) is 0 Å². The molecule has 1 aromatic rings. The van der Waals surface area contributed by atoms with E-state index in [1.165, 1.54) is 16.7 Å². The first kappa shape index (κ1) is 14.2. The maximum atomic E-state index is 5.63. The summed E-state index contributed by atoms with van der Waals surface area (Å²) in [4.78, 5) is 0. The SMILES string of the molecule is CCCOCCC(NN)c1cc(C)ccc1C. The van der Waals surface area contributed by atoms with Crippen molar-refractivity contribution in [2.45, 2.75) is 39.7 Å². The minimum absolute atomic E-state index is 0.173. The number of aryl methyl sites for hydroxylation is 2. The molecule has 0 aliphatic carbocycles. The molecular weight excluding hydrogens is 212 g/mol. The number of nitrogens with two attached hydrogens (primary N) is 1. The van der Waals surface area contributed by atoms with Crippen molar-refractivity contribution in [3.05, 3.63) is 34.9 Å². The van der Waals surface area contributed by atoms with Gasteiger partial charge in [0.1, 0.15) is 0 Å². The molecule has 1 rings (SSSR count). The van der Waals surface area contributed by atoms with Crippen LogP contribution in [0.5, 0.6) is 0 Å². The van der Waals surface area contributed by atoms with Gasteiger partial charge in [-0.05, 0) is 37.8 Å². The molecular formula is C14H24N2O. The fourth-order valence-corrected chi connectivity index (χ4v) is 1.91. The van der Waals surface area contributed by atoms with E-state index in [1.807, 2.05) is 0 Å². The quantitative estimate of drug-likeness (QED) is 0.434. The Morgan fingerprint density at radius 2 is 2.06 bits per heavy atom. The van der Waals surface area contributed by atoms with E-state index in [2.05, 4.69) is 44.4 Å². The minimum atomic E-state index is 0.173. The molecule has 0 saturated carbocycles. The molecule has 1 aromatic carbocycles. The van der Waals surface area contributed by atoms with E-state index in [9.17, 15) is 0 Å². The number of rotatable bonds is 7. The van der Waals surface area contributed by atoms with Gasteiger partial charge in [0, 0.05) is 19.3 Å². The van der Waals surface area contributed by atoms with E-state index < -0.39 is 0 Å². The summed E-state index contributed by atoms with van der Waals surface area (Å²) in [5, 5.41) is 0. The first-order valence-electron chi connectivity index (χ1n) is 6.30. The summed E-state index contributed by atoms with van der Waals surface area (Å²) >= 11 is 0. The fourth-order valence-electron chi connectivity index (χ4n) is 1.91. The number of nitrogens with one attached hydrogen (secondary N) is 1. The highest BCUT2D eigenvalue weighted by atomic mass is 16.5. The van der Waals surface area contributed by atoms with Gasteiger partial charge in [-0.1, -0.05) is 30.7 Å². The predicted octanol–water partition coefficient (Wildman–Crippen LogP) is 2.62. The van der Waals surface area contributed by atoms with Gasteiger partial charge in [0.05, 0.1) is 0 Å². The first-order chi connectivity index (χ1) is 8.19. The molecule has 0 aromatic heterocycles. The van der Waals surface area contributed by atoms with Crippen molar-refractivity contribution in [2.24, 2.45) is 5.84 Å². The average molecular weight is 236 g/mol. The summed E-state index contributed by atoms with van der Waals surface area (Å²) in [6.45, 7) is 7.90. The highest BCUT2D eigenvalue weighted by Crippen LogP contribution is 2.21. The number of hydrogen-bond donors (Lipinski definition) is 2. The van der Waals surface area contributed by atoms with Crippen molar-refractivity contribution < 1.29 is 4.74 Å². The standard InChI is InChI=1S/C14H24N2O/c1-4-8-17-9-7-14(16-15)13-10-11(2)5-6-12(13)3/h5-6,10,14,16H,4,7-9,15H2,1-3H3. The summed E-state index contributed by atoms with van der Waals surface area (Å²) < 4.78 is 5.51. The molecule has 0 spiro atoms. The smallest absolute Gasteiger partial charge is 0.0484 e. The minimum Gasteiger partial charge on any atom is -0.381 e. The molecule has 3 heteroatoms. The highest BCUT2D eigenvalue weighted by Gasteiger charge is 2.12. The van der Waals surface area contributed by atoms with Crippen LogP contribution in [-0.4, -0.2) is 13.2 Å². The molecule has 0 amide bonds. The Balaban J connectivity index is 2.62. The van der Waals surface area contributed by atoms with Crippen LogP contribution in [0.4, 0.5) is 0 Å². The lowest BCUT2D eigenvalue weighted by Gasteiger charge is -2.19. The lowest BCUT2D eigenvalue weighted by atomic mass is 9.97. The van der Waals surface area contributed by atoms with Crippen LogP contribution < -0.4 is 11.3 Å². The first-order valence-corrected chi connectivity index (χ1v) is 6.30. The lowest BCUT2D eigenvalue weighted by molar-refractivity contribution is 0.124. The molecule has 1 atom stereocenters. The van der Waals surface area contributed by atoms with Gasteiger partial charge in [-0.25, -0.2) is 0 Å². The van der Waals surface area contributed by atoms with Crippen LogP contribution in [0.3, 0.4) is 0 Å². The Morgan fingerprint density at radius 3 is 2.71 bits per heavy atom. The van der Waals surface area contributed by atoms with Crippen molar-refractivity contribution >= 4 is 0 Å². The van der Waals surface area contributed by atoms with E-state index in [1.54, 1.807) is 0 Å². The number of hydrazine groups is 1. The zero-order valence-electron chi connectivity index (χ0n) is 11.1. The van der Waals surface area contributed by atoms with Gasteiger partial charge < -0.3 is 4.74 Å². The Hall–Kier alpha value is -0.900. The Kier molecular flexibility index (Phi) is 6.19. The van der Waals surface area contributed by atoms with E-state index in [0.29, 0.717) is 0 Å². The summed E-state index contributed by atoms with van der Waals surface area (Å²) in [5.41, 5.74) is 6.69. The summed E-state index contributed by atoms with van der Waals surface area (Å²) in [5.74, 6) is 5.63. The Morgan fingerprint density at radius 1 is 1.29 bits per heavy atom. The van der Waals surface area contributed by atoms with Gasteiger partial charge in [-0.2, -0.15) is 0 Å². The third-order valence-corrected chi connectivity index (χ3v) is 2.91. The van der Waals surface area contributed by atoms with Crippen LogP contribution in [-0.2, 0) is 4.74 Å². The molecule has 0 saturated heterocycles. The van der Waals surface area contributed by atoms with Crippen LogP contribution in [0.2, 0.25) is 0 Å². The van der Waals surface area contributed by atoms with Crippen LogP contribution in [0, 0.1) is 13.8 Å². The third kappa shape index (κ3) is 4.46. The van der Waals surface area contributed by atoms with Crippen LogP contribution >= 0.6 is 0 Å². The van der Waals surface area contributed by atoms with Crippen molar-refractivity contribution in [3.63, 3.8) is 0 Å². The number of ether oxygens (including phenoxy) is 1.